The fourth-order valence-corrected chi connectivity index (χ4v) is 3.07. The zero-order valence-corrected chi connectivity index (χ0v) is 14.0. The van der Waals surface area contributed by atoms with Crippen molar-refractivity contribution in [3.63, 3.8) is 0 Å². The molecule has 19 heavy (non-hydrogen) atoms. The van der Waals surface area contributed by atoms with Gasteiger partial charge in [-0.1, -0.05) is 17.7 Å². The molecule has 1 atom stereocenters. The Labute approximate surface area is 129 Å². The number of halogens is 2. The number of nitrogens with one attached hydrogen (secondary N) is 1. The predicted molar refractivity (Wildman–Crippen MR) is 85.7 cm³/mol. The molecule has 1 aromatic rings. The van der Waals surface area contributed by atoms with Gasteiger partial charge in [-0.25, -0.2) is 0 Å². The Bertz CT molecular complexity index is 417. The molecule has 4 heteroatoms. The minimum absolute atomic E-state index is 0.553. The van der Waals surface area contributed by atoms with E-state index < -0.39 is 0 Å². The smallest absolute Gasteiger partial charge is 0.0548 e. The molecule has 1 aliphatic rings. The van der Waals surface area contributed by atoms with Gasteiger partial charge in [0, 0.05) is 29.6 Å². The highest BCUT2D eigenvalue weighted by Crippen LogP contribution is 2.24. The minimum atomic E-state index is 0.553. The van der Waals surface area contributed by atoms with Crippen LogP contribution in [-0.4, -0.2) is 30.1 Å². The van der Waals surface area contributed by atoms with Gasteiger partial charge in [-0.2, -0.15) is 0 Å². The Morgan fingerprint density at radius 3 is 2.84 bits per heavy atom. The van der Waals surface area contributed by atoms with Crippen LogP contribution in [0.3, 0.4) is 0 Å². The van der Waals surface area contributed by atoms with Crippen LogP contribution in [-0.2, 0) is 6.54 Å². The molecule has 1 aliphatic heterocycles. The second kappa shape index (κ2) is 7.07. The summed E-state index contributed by atoms with van der Waals surface area (Å²) in [6, 6.07) is 7.41. The van der Waals surface area contributed by atoms with Crippen molar-refractivity contribution in [3.8, 4) is 0 Å². The normalized spacial score (nSPS) is 19.6. The standard InChI is InChI=1S/C15H22BrClN2/c1-11(2)19(10-13-4-3-7-18-13)9-12-5-6-15(17)14(16)8-12/h5-6,8,11,13,18H,3-4,7,9-10H2,1-2H3. The molecule has 0 saturated carbocycles. The van der Waals surface area contributed by atoms with Crippen LogP contribution in [0.5, 0.6) is 0 Å². The predicted octanol–water partition coefficient (Wildman–Crippen LogP) is 4.06. The van der Waals surface area contributed by atoms with E-state index in [1.54, 1.807) is 0 Å². The maximum Gasteiger partial charge on any atom is 0.0548 e. The van der Waals surface area contributed by atoms with E-state index in [1.807, 2.05) is 6.07 Å². The summed E-state index contributed by atoms with van der Waals surface area (Å²) in [6.45, 7) is 7.80. The van der Waals surface area contributed by atoms with E-state index in [1.165, 1.54) is 24.9 Å². The van der Waals surface area contributed by atoms with Gasteiger partial charge >= 0.3 is 0 Å². The molecule has 0 spiro atoms. The SMILES string of the molecule is CC(C)N(Cc1ccc(Cl)c(Br)c1)CC1CCCN1. The molecule has 0 amide bonds. The number of benzene rings is 1. The topological polar surface area (TPSA) is 15.3 Å². The first-order chi connectivity index (χ1) is 9.06. The molecular weight excluding hydrogens is 324 g/mol. The summed E-state index contributed by atoms with van der Waals surface area (Å²) < 4.78 is 0.981. The quantitative estimate of drug-likeness (QED) is 0.865. The Hall–Kier alpha value is -0.0900. The van der Waals surface area contributed by atoms with Crippen LogP contribution in [0.15, 0.2) is 22.7 Å². The van der Waals surface area contributed by atoms with Crippen molar-refractivity contribution in [2.75, 3.05) is 13.1 Å². The Morgan fingerprint density at radius 2 is 2.26 bits per heavy atom. The molecular formula is C15H22BrClN2. The molecule has 2 rings (SSSR count). The summed E-state index contributed by atoms with van der Waals surface area (Å²) in [4.78, 5) is 2.53. The van der Waals surface area contributed by atoms with Crippen molar-refractivity contribution in [2.24, 2.45) is 0 Å². The minimum Gasteiger partial charge on any atom is -0.313 e. The summed E-state index contributed by atoms with van der Waals surface area (Å²) >= 11 is 9.55. The molecule has 2 nitrogen and oxygen atoms in total. The second-order valence-corrected chi connectivity index (χ2v) is 6.83. The molecule has 0 aromatic heterocycles. The van der Waals surface area contributed by atoms with Crippen LogP contribution in [0.2, 0.25) is 5.02 Å². The summed E-state index contributed by atoms with van der Waals surface area (Å²) in [6.07, 6.45) is 2.61. The molecule has 106 valence electrons. The Kier molecular flexibility index (Phi) is 5.70. The van der Waals surface area contributed by atoms with Gasteiger partial charge in [0.05, 0.1) is 5.02 Å². The van der Waals surface area contributed by atoms with Gasteiger partial charge in [0.15, 0.2) is 0 Å². The van der Waals surface area contributed by atoms with Gasteiger partial charge in [-0.05, 0) is 66.9 Å². The average molecular weight is 346 g/mol. The second-order valence-electron chi connectivity index (χ2n) is 5.56. The van der Waals surface area contributed by atoms with E-state index in [0.29, 0.717) is 12.1 Å². The van der Waals surface area contributed by atoms with E-state index in [4.69, 9.17) is 11.6 Å². The van der Waals surface area contributed by atoms with Crippen molar-refractivity contribution in [3.05, 3.63) is 33.3 Å². The molecule has 1 saturated heterocycles. The van der Waals surface area contributed by atoms with Crippen LogP contribution in [0.1, 0.15) is 32.3 Å². The first kappa shape index (κ1) is 15.3. The zero-order chi connectivity index (χ0) is 13.8. The molecule has 1 heterocycles. The van der Waals surface area contributed by atoms with E-state index >= 15 is 0 Å². The van der Waals surface area contributed by atoms with Crippen LogP contribution in [0, 0.1) is 0 Å². The van der Waals surface area contributed by atoms with Gasteiger partial charge < -0.3 is 5.32 Å². The summed E-state index contributed by atoms with van der Waals surface area (Å²) in [5.74, 6) is 0. The van der Waals surface area contributed by atoms with Crippen molar-refractivity contribution in [1.82, 2.24) is 10.2 Å². The first-order valence-corrected chi connectivity index (χ1v) is 8.14. The third kappa shape index (κ3) is 4.45. The van der Waals surface area contributed by atoms with Crippen molar-refractivity contribution in [1.29, 1.82) is 0 Å². The van der Waals surface area contributed by atoms with Gasteiger partial charge in [-0.3, -0.25) is 4.90 Å². The van der Waals surface area contributed by atoms with Crippen LogP contribution in [0.25, 0.3) is 0 Å². The highest BCUT2D eigenvalue weighted by molar-refractivity contribution is 9.10. The lowest BCUT2D eigenvalue weighted by Crippen LogP contribution is -2.40. The zero-order valence-electron chi connectivity index (χ0n) is 11.6. The lowest BCUT2D eigenvalue weighted by Gasteiger charge is -2.29. The lowest BCUT2D eigenvalue weighted by molar-refractivity contribution is 0.194. The third-order valence-electron chi connectivity index (χ3n) is 3.72. The van der Waals surface area contributed by atoms with Crippen LogP contribution < -0.4 is 5.32 Å². The number of rotatable bonds is 5. The summed E-state index contributed by atoms with van der Waals surface area (Å²) in [5, 5.41) is 4.35. The van der Waals surface area contributed by atoms with E-state index in [0.717, 1.165) is 22.6 Å². The first-order valence-electron chi connectivity index (χ1n) is 6.97. The largest absolute Gasteiger partial charge is 0.313 e. The Morgan fingerprint density at radius 1 is 1.47 bits per heavy atom. The Balaban J connectivity index is 2.00. The molecule has 0 radical (unpaired) electrons. The summed E-state index contributed by atoms with van der Waals surface area (Å²) in [5.41, 5.74) is 1.31. The van der Waals surface area contributed by atoms with Gasteiger partial charge in [0.25, 0.3) is 0 Å². The van der Waals surface area contributed by atoms with Gasteiger partial charge in [-0.15, -0.1) is 0 Å². The maximum atomic E-state index is 6.05. The van der Waals surface area contributed by atoms with Gasteiger partial charge in [0.1, 0.15) is 0 Å². The molecule has 1 fully saturated rings. The fraction of sp³-hybridized carbons (Fsp3) is 0.600. The van der Waals surface area contributed by atoms with Crippen LogP contribution in [0.4, 0.5) is 0 Å². The van der Waals surface area contributed by atoms with Gasteiger partial charge in [0.2, 0.25) is 0 Å². The third-order valence-corrected chi connectivity index (χ3v) is 4.93. The highest BCUT2D eigenvalue weighted by atomic mass is 79.9. The monoisotopic (exact) mass is 344 g/mol. The molecule has 0 bridgehead atoms. The van der Waals surface area contributed by atoms with E-state index in [2.05, 4.69) is 52.1 Å². The van der Waals surface area contributed by atoms with Crippen LogP contribution >= 0.6 is 27.5 Å². The average Bonchev–Trinajstić information content (AvgIpc) is 2.86. The maximum absolute atomic E-state index is 6.05. The van der Waals surface area contributed by atoms with Crippen molar-refractivity contribution >= 4 is 27.5 Å². The number of hydrogen-bond donors (Lipinski definition) is 1. The van der Waals surface area contributed by atoms with Crippen molar-refractivity contribution < 1.29 is 0 Å². The number of hydrogen-bond acceptors (Lipinski definition) is 2. The van der Waals surface area contributed by atoms with E-state index in [-0.39, 0.29) is 0 Å². The van der Waals surface area contributed by atoms with E-state index in [9.17, 15) is 0 Å². The molecule has 0 aliphatic carbocycles. The van der Waals surface area contributed by atoms with Crippen molar-refractivity contribution in [2.45, 2.75) is 45.3 Å². The fourth-order valence-electron chi connectivity index (χ4n) is 2.53. The molecule has 1 N–H and O–H groups in total. The highest BCUT2D eigenvalue weighted by Gasteiger charge is 2.19. The molecule has 1 aromatic carbocycles. The summed E-state index contributed by atoms with van der Waals surface area (Å²) in [7, 11) is 0. The number of nitrogens with zero attached hydrogens (tertiary/aromatic N) is 1. The molecule has 1 unspecified atom stereocenters. The lowest BCUT2D eigenvalue weighted by atomic mass is 10.1.